The Morgan fingerprint density at radius 3 is 3.09 bits per heavy atom. The van der Waals surface area contributed by atoms with Crippen LogP contribution in [0.25, 0.3) is 0 Å². The van der Waals surface area contributed by atoms with Gasteiger partial charge in [0.1, 0.15) is 0 Å². The van der Waals surface area contributed by atoms with E-state index in [1.165, 1.54) is 0 Å². The van der Waals surface area contributed by atoms with Gasteiger partial charge in [0.2, 0.25) is 0 Å². The smallest absolute Gasteiger partial charge is 0.0805 e. The van der Waals surface area contributed by atoms with Crippen LogP contribution >= 0.6 is 0 Å². The van der Waals surface area contributed by atoms with E-state index in [0.29, 0.717) is 0 Å². The second kappa shape index (κ2) is 2.74. The lowest BCUT2D eigenvalue weighted by Gasteiger charge is -2.02. The molecule has 2 rings (SSSR count). The zero-order valence-electron chi connectivity index (χ0n) is 6.25. The summed E-state index contributed by atoms with van der Waals surface area (Å²) >= 11 is 0. The number of dihydropyridines is 1. The van der Waals surface area contributed by atoms with Crippen molar-refractivity contribution in [3.8, 4) is 0 Å². The maximum absolute atomic E-state index is 4.37. The number of aromatic amines is 1. The summed E-state index contributed by atoms with van der Waals surface area (Å²) in [6.45, 7) is 0.921. The number of hydrogen-bond donors (Lipinski definition) is 1. The summed E-state index contributed by atoms with van der Waals surface area (Å²) in [5, 5.41) is 0. The first-order chi connectivity index (χ1) is 5.47. The van der Waals surface area contributed by atoms with Gasteiger partial charge < -0.3 is 4.98 Å². The number of rotatable bonds is 1. The molecule has 0 amide bonds. The average molecular weight is 146 g/mol. The summed E-state index contributed by atoms with van der Waals surface area (Å²) < 4.78 is 0. The lowest BCUT2D eigenvalue weighted by atomic mass is 10.2. The molecule has 0 atom stereocenters. The number of aliphatic imine (C=N–C) groups is 1. The molecule has 2 heteroatoms. The summed E-state index contributed by atoms with van der Waals surface area (Å²) in [7, 11) is 0. The topological polar surface area (TPSA) is 28.1 Å². The van der Waals surface area contributed by atoms with E-state index in [2.05, 4.69) is 22.1 Å². The van der Waals surface area contributed by atoms with Crippen LogP contribution in [0, 0.1) is 0 Å². The first kappa shape index (κ1) is 6.40. The summed E-state index contributed by atoms with van der Waals surface area (Å²) in [6.07, 6.45) is 7.21. The van der Waals surface area contributed by atoms with Crippen molar-refractivity contribution in [3.05, 3.63) is 36.2 Å². The quantitative estimate of drug-likeness (QED) is 0.625. The van der Waals surface area contributed by atoms with Crippen LogP contribution in [-0.2, 0) is 0 Å². The third kappa shape index (κ3) is 1.24. The molecule has 2 nitrogen and oxygen atoms in total. The van der Waals surface area contributed by atoms with E-state index in [0.717, 1.165) is 24.4 Å². The van der Waals surface area contributed by atoms with E-state index in [4.69, 9.17) is 0 Å². The molecule has 0 spiro atoms. The molecule has 0 saturated heterocycles. The second-order valence-corrected chi connectivity index (χ2v) is 2.54. The molecule has 0 saturated carbocycles. The van der Waals surface area contributed by atoms with Crippen molar-refractivity contribution in [1.29, 1.82) is 0 Å². The van der Waals surface area contributed by atoms with Gasteiger partial charge in [-0.2, -0.15) is 0 Å². The fraction of sp³-hybridized carbons (Fsp3) is 0.222. The molecule has 0 fully saturated rings. The van der Waals surface area contributed by atoms with Gasteiger partial charge in [0.05, 0.1) is 11.4 Å². The Balaban J connectivity index is 2.29. The monoisotopic (exact) mass is 146 g/mol. The maximum Gasteiger partial charge on any atom is 0.0805 e. The average Bonchev–Trinajstić information content (AvgIpc) is 2.58. The zero-order valence-corrected chi connectivity index (χ0v) is 6.25. The van der Waals surface area contributed by atoms with E-state index >= 15 is 0 Å². The molecule has 0 bridgehead atoms. The van der Waals surface area contributed by atoms with Crippen LogP contribution in [0.1, 0.15) is 12.1 Å². The SMILES string of the molecule is C1=CC(c2ccc[nH]2)=NCC1. The molecule has 56 valence electrons. The summed E-state index contributed by atoms with van der Waals surface area (Å²) in [5.74, 6) is 0. The Kier molecular flexibility index (Phi) is 1.60. The standard InChI is InChI=1S/C9H10N2/c1-2-6-10-8(4-1)9-5-3-7-11-9/h1,3-5,7,11H,2,6H2. The highest BCUT2D eigenvalue weighted by atomic mass is 14.8. The maximum atomic E-state index is 4.37. The lowest BCUT2D eigenvalue weighted by molar-refractivity contribution is 0.992. The Bertz CT molecular complexity index is 281. The molecular weight excluding hydrogens is 136 g/mol. The third-order valence-corrected chi connectivity index (χ3v) is 1.73. The Morgan fingerprint density at radius 1 is 1.45 bits per heavy atom. The van der Waals surface area contributed by atoms with Gasteiger partial charge >= 0.3 is 0 Å². The zero-order chi connectivity index (χ0) is 7.52. The molecule has 11 heavy (non-hydrogen) atoms. The van der Waals surface area contributed by atoms with Crippen molar-refractivity contribution in [2.24, 2.45) is 4.99 Å². The highest BCUT2D eigenvalue weighted by molar-refractivity contribution is 6.07. The molecule has 1 N–H and O–H groups in total. The van der Waals surface area contributed by atoms with E-state index in [-0.39, 0.29) is 0 Å². The first-order valence-electron chi connectivity index (χ1n) is 3.81. The van der Waals surface area contributed by atoms with E-state index in [1.807, 2.05) is 18.3 Å². The Morgan fingerprint density at radius 2 is 2.45 bits per heavy atom. The van der Waals surface area contributed by atoms with Gasteiger partial charge in [-0.15, -0.1) is 0 Å². The summed E-state index contributed by atoms with van der Waals surface area (Å²) in [6, 6.07) is 4.02. The van der Waals surface area contributed by atoms with Gasteiger partial charge in [0.15, 0.2) is 0 Å². The molecule has 0 unspecified atom stereocenters. The highest BCUT2D eigenvalue weighted by Gasteiger charge is 2.01. The van der Waals surface area contributed by atoms with Gasteiger partial charge in [0.25, 0.3) is 0 Å². The molecule has 0 radical (unpaired) electrons. The number of aromatic nitrogens is 1. The van der Waals surface area contributed by atoms with Crippen LogP contribution in [0.5, 0.6) is 0 Å². The number of allylic oxidation sites excluding steroid dienone is 1. The predicted octanol–water partition coefficient (Wildman–Crippen LogP) is 1.76. The molecule has 1 aliphatic heterocycles. The van der Waals surface area contributed by atoms with Gasteiger partial charge in [-0.3, -0.25) is 4.99 Å². The number of nitrogens with zero attached hydrogens (tertiary/aromatic N) is 1. The molecular formula is C9H10N2. The lowest BCUT2D eigenvalue weighted by Crippen LogP contribution is -2.01. The van der Waals surface area contributed by atoms with Gasteiger partial charge in [0, 0.05) is 12.7 Å². The number of hydrogen-bond acceptors (Lipinski definition) is 1. The molecule has 1 aliphatic rings. The van der Waals surface area contributed by atoms with E-state index in [1.54, 1.807) is 0 Å². The van der Waals surface area contributed by atoms with Crippen LogP contribution in [-0.4, -0.2) is 17.2 Å². The van der Waals surface area contributed by atoms with Crippen molar-refractivity contribution in [3.63, 3.8) is 0 Å². The van der Waals surface area contributed by atoms with Crippen LogP contribution in [0.4, 0.5) is 0 Å². The van der Waals surface area contributed by atoms with Crippen LogP contribution < -0.4 is 0 Å². The number of nitrogens with one attached hydrogen (secondary N) is 1. The molecule has 0 aromatic carbocycles. The van der Waals surface area contributed by atoms with Crippen LogP contribution in [0.3, 0.4) is 0 Å². The van der Waals surface area contributed by atoms with E-state index in [9.17, 15) is 0 Å². The highest BCUT2D eigenvalue weighted by Crippen LogP contribution is 2.04. The summed E-state index contributed by atoms with van der Waals surface area (Å²) in [4.78, 5) is 7.50. The van der Waals surface area contributed by atoms with Crippen molar-refractivity contribution < 1.29 is 0 Å². The van der Waals surface area contributed by atoms with E-state index < -0.39 is 0 Å². The molecule has 1 aromatic heterocycles. The normalized spacial score (nSPS) is 16.5. The number of H-pyrrole nitrogens is 1. The predicted molar refractivity (Wildman–Crippen MR) is 46.0 cm³/mol. The fourth-order valence-corrected chi connectivity index (χ4v) is 1.17. The van der Waals surface area contributed by atoms with Crippen molar-refractivity contribution in [2.45, 2.75) is 6.42 Å². The van der Waals surface area contributed by atoms with Crippen LogP contribution in [0.15, 0.2) is 35.5 Å². The fourth-order valence-electron chi connectivity index (χ4n) is 1.17. The van der Waals surface area contributed by atoms with Gasteiger partial charge in [-0.05, 0) is 24.6 Å². The Labute approximate surface area is 65.7 Å². The summed E-state index contributed by atoms with van der Waals surface area (Å²) in [5.41, 5.74) is 2.18. The second-order valence-electron chi connectivity index (χ2n) is 2.54. The molecule has 0 aliphatic carbocycles. The molecule has 2 heterocycles. The van der Waals surface area contributed by atoms with Crippen molar-refractivity contribution in [2.75, 3.05) is 6.54 Å². The van der Waals surface area contributed by atoms with Gasteiger partial charge in [-0.25, -0.2) is 0 Å². The van der Waals surface area contributed by atoms with Crippen molar-refractivity contribution in [1.82, 2.24) is 4.98 Å². The Hall–Kier alpha value is -1.31. The molecule has 1 aromatic rings. The minimum absolute atomic E-state index is 0.921. The van der Waals surface area contributed by atoms with Crippen molar-refractivity contribution >= 4 is 5.71 Å². The van der Waals surface area contributed by atoms with Gasteiger partial charge in [-0.1, -0.05) is 6.08 Å². The first-order valence-corrected chi connectivity index (χ1v) is 3.81. The third-order valence-electron chi connectivity index (χ3n) is 1.73. The minimum Gasteiger partial charge on any atom is -0.360 e. The van der Waals surface area contributed by atoms with Crippen LogP contribution in [0.2, 0.25) is 0 Å². The largest absolute Gasteiger partial charge is 0.360 e. The minimum atomic E-state index is 0.921.